The number of alkyl halides is 3. The Kier molecular flexibility index (Phi) is 5.94. The third kappa shape index (κ3) is 5.01. The minimum Gasteiger partial charge on any atom is -0.439 e. The van der Waals surface area contributed by atoms with E-state index in [1.807, 2.05) is 12.3 Å². The number of carbonyl (C=O) groups is 1. The topological polar surface area (TPSA) is 81.4 Å². The van der Waals surface area contributed by atoms with Gasteiger partial charge in [-0.2, -0.15) is 13.2 Å². The van der Waals surface area contributed by atoms with E-state index >= 15 is 0 Å². The van der Waals surface area contributed by atoms with Crippen molar-refractivity contribution in [3.05, 3.63) is 78.4 Å². The van der Waals surface area contributed by atoms with E-state index in [1.54, 1.807) is 30.5 Å². The van der Waals surface area contributed by atoms with Crippen LogP contribution >= 0.6 is 0 Å². The molecule has 1 atom stereocenters. The van der Waals surface area contributed by atoms with Crippen LogP contribution in [0.4, 0.5) is 23.7 Å². The van der Waals surface area contributed by atoms with Crippen LogP contribution in [0.1, 0.15) is 30.0 Å². The molecule has 0 bridgehead atoms. The number of ether oxygens (including phenoxy) is 1. The van der Waals surface area contributed by atoms with Crippen molar-refractivity contribution in [3.63, 3.8) is 0 Å². The van der Waals surface area contributed by atoms with Gasteiger partial charge in [-0.1, -0.05) is 6.07 Å². The molecule has 0 saturated heterocycles. The number of fused-ring (bicyclic) bond motifs is 1. The number of carbonyl (C=O) groups excluding carboxylic acids is 1. The number of aliphatic imine (C=N–C) groups is 1. The van der Waals surface area contributed by atoms with Gasteiger partial charge in [0, 0.05) is 35.8 Å². The summed E-state index contributed by atoms with van der Waals surface area (Å²) < 4.78 is 46.1. The van der Waals surface area contributed by atoms with Crippen molar-refractivity contribution in [1.29, 1.82) is 0 Å². The maximum Gasteiger partial charge on any atom is 0.416 e. The summed E-state index contributed by atoms with van der Waals surface area (Å²) in [5.74, 6) is 1.23. The third-order valence-corrected chi connectivity index (χ3v) is 5.75. The average Bonchev–Trinajstić information content (AvgIpc) is 3.28. The van der Waals surface area contributed by atoms with E-state index in [0.29, 0.717) is 17.1 Å². The number of rotatable bonds is 4. The van der Waals surface area contributed by atoms with Crippen LogP contribution in [0.15, 0.2) is 72.1 Å². The largest absolute Gasteiger partial charge is 0.439 e. The first-order chi connectivity index (χ1) is 16.9. The van der Waals surface area contributed by atoms with Gasteiger partial charge in [-0.3, -0.25) is 9.56 Å². The second-order valence-corrected chi connectivity index (χ2v) is 8.11. The number of benzene rings is 2. The van der Waals surface area contributed by atoms with Crippen LogP contribution in [0.5, 0.6) is 11.6 Å². The molecular weight excluding hydrogens is 459 g/mol. The zero-order valence-corrected chi connectivity index (χ0v) is 18.4. The number of aromatic nitrogens is 3. The van der Waals surface area contributed by atoms with Crippen LogP contribution in [-0.2, 0) is 6.18 Å². The highest BCUT2D eigenvalue weighted by Crippen LogP contribution is 2.31. The van der Waals surface area contributed by atoms with Crippen molar-refractivity contribution in [2.45, 2.75) is 24.9 Å². The lowest BCUT2D eigenvalue weighted by Gasteiger charge is -2.16. The molecule has 2 aromatic heterocycles. The first-order valence-electron chi connectivity index (χ1n) is 10.9. The molecule has 4 aromatic rings. The van der Waals surface area contributed by atoms with E-state index in [4.69, 9.17) is 4.74 Å². The highest BCUT2D eigenvalue weighted by Gasteiger charge is 2.30. The van der Waals surface area contributed by atoms with Gasteiger partial charge in [-0.25, -0.2) is 14.8 Å². The second kappa shape index (κ2) is 9.21. The summed E-state index contributed by atoms with van der Waals surface area (Å²) in [6.45, 7) is 0.778. The fourth-order valence-corrected chi connectivity index (χ4v) is 3.98. The molecule has 10 heteroatoms. The molecule has 0 aliphatic carbocycles. The van der Waals surface area contributed by atoms with E-state index in [0.717, 1.165) is 42.6 Å². The normalized spacial score (nSPS) is 15.8. The van der Waals surface area contributed by atoms with Crippen molar-refractivity contribution in [1.82, 2.24) is 14.5 Å². The minimum atomic E-state index is -4.49. The van der Waals surface area contributed by atoms with Crippen LogP contribution in [0, 0.1) is 0 Å². The number of amides is 1. The summed E-state index contributed by atoms with van der Waals surface area (Å²) in [4.78, 5) is 25.5. The standard InChI is InChI=1S/C25H20F3N5O2/c26-25(27,28)18-2-1-3-19(13-18)32-24(34)33-11-8-17-12-20(4-5-22(17)33)35-23-14-21(30-15-31-23)16-6-9-29-10-7-16/h1-5,8-9,11-16H,6-7,10H2,(H,32,34). The molecule has 178 valence electrons. The van der Waals surface area contributed by atoms with Crippen LogP contribution in [0.2, 0.25) is 0 Å². The van der Waals surface area contributed by atoms with Crippen LogP contribution in [0.25, 0.3) is 10.9 Å². The average molecular weight is 479 g/mol. The Hall–Kier alpha value is -4.21. The summed E-state index contributed by atoms with van der Waals surface area (Å²) in [6, 6.07) is 12.6. The third-order valence-electron chi connectivity index (χ3n) is 5.75. The van der Waals surface area contributed by atoms with Gasteiger partial charge in [-0.05, 0) is 61.5 Å². The zero-order chi connectivity index (χ0) is 24.4. The molecule has 5 rings (SSSR count). The van der Waals surface area contributed by atoms with Gasteiger partial charge in [0.2, 0.25) is 5.88 Å². The van der Waals surface area contributed by atoms with Gasteiger partial charge in [0.25, 0.3) is 0 Å². The van der Waals surface area contributed by atoms with E-state index in [9.17, 15) is 18.0 Å². The predicted molar refractivity (Wildman–Crippen MR) is 125 cm³/mol. The Morgan fingerprint density at radius 3 is 2.77 bits per heavy atom. The smallest absolute Gasteiger partial charge is 0.416 e. The molecule has 35 heavy (non-hydrogen) atoms. The van der Waals surface area contributed by atoms with E-state index in [1.165, 1.54) is 23.0 Å². The van der Waals surface area contributed by atoms with Gasteiger partial charge in [-0.15, -0.1) is 0 Å². The molecule has 0 spiro atoms. The van der Waals surface area contributed by atoms with Gasteiger partial charge < -0.3 is 10.1 Å². The molecule has 2 aromatic carbocycles. The summed E-state index contributed by atoms with van der Waals surface area (Å²) >= 11 is 0. The molecule has 0 fully saturated rings. The van der Waals surface area contributed by atoms with Crippen LogP contribution < -0.4 is 10.1 Å². The number of anilines is 1. The summed E-state index contributed by atoms with van der Waals surface area (Å²) in [5, 5.41) is 3.23. The summed E-state index contributed by atoms with van der Waals surface area (Å²) in [5.41, 5.74) is 0.695. The Bertz CT molecular complexity index is 1410. The maximum absolute atomic E-state index is 13.0. The molecule has 1 aliphatic rings. The molecule has 1 N–H and O–H groups in total. The molecule has 1 amide bonds. The molecule has 7 nitrogen and oxygen atoms in total. The highest BCUT2D eigenvalue weighted by molar-refractivity contribution is 5.98. The Balaban J connectivity index is 1.32. The van der Waals surface area contributed by atoms with Crippen molar-refractivity contribution in [2.24, 2.45) is 4.99 Å². The number of nitrogens with zero attached hydrogens (tertiary/aromatic N) is 4. The molecule has 1 unspecified atom stereocenters. The fraction of sp³-hybridized carbons (Fsp3) is 0.200. The van der Waals surface area contributed by atoms with Gasteiger partial charge in [0.1, 0.15) is 12.1 Å². The Morgan fingerprint density at radius 2 is 1.97 bits per heavy atom. The van der Waals surface area contributed by atoms with Crippen LogP contribution in [0.3, 0.4) is 0 Å². The van der Waals surface area contributed by atoms with E-state index in [2.05, 4.69) is 20.3 Å². The van der Waals surface area contributed by atoms with Crippen molar-refractivity contribution in [3.8, 4) is 11.6 Å². The number of halogens is 3. The quantitative estimate of drug-likeness (QED) is 0.374. The lowest BCUT2D eigenvalue weighted by molar-refractivity contribution is -0.137. The number of hydrogen-bond acceptors (Lipinski definition) is 5. The first-order valence-corrected chi connectivity index (χ1v) is 10.9. The van der Waals surface area contributed by atoms with Gasteiger partial charge in [0.15, 0.2) is 0 Å². The molecular formula is C25H20F3N5O2. The molecule has 3 heterocycles. The second-order valence-electron chi connectivity index (χ2n) is 8.11. The van der Waals surface area contributed by atoms with Crippen molar-refractivity contribution < 1.29 is 22.7 Å². The van der Waals surface area contributed by atoms with Crippen molar-refractivity contribution in [2.75, 3.05) is 11.9 Å². The van der Waals surface area contributed by atoms with E-state index in [-0.39, 0.29) is 11.6 Å². The Labute approximate surface area is 198 Å². The predicted octanol–water partition coefficient (Wildman–Crippen LogP) is 6.27. The summed E-state index contributed by atoms with van der Waals surface area (Å²) in [6.07, 6.45) is 2.20. The number of hydrogen-bond donors (Lipinski definition) is 1. The zero-order valence-electron chi connectivity index (χ0n) is 18.4. The van der Waals surface area contributed by atoms with Gasteiger partial charge in [0.05, 0.1) is 16.8 Å². The van der Waals surface area contributed by atoms with Crippen LogP contribution in [-0.4, -0.2) is 33.3 Å². The van der Waals surface area contributed by atoms with Gasteiger partial charge >= 0.3 is 12.2 Å². The molecule has 1 aliphatic heterocycles. The van der Waals surface area contributed by atoms with E-state index < -0.39 is 17.8 Å². The van der Waals surface area contributed by atoms with Crippen molar-refractivity contribution >= 4 is 28.8 Å². The highest BCUT2D eigenvalue weighted by atomic mass is 19.4. The maximum atomic E-state index is 13.0. The lowest BCUT2D eigenvalue weighted by atomic mass is 9.96. The minimum absolute atomic E-state index is 0.0513. The fourth-order valence-electron chi connectivity index (χ4n) is 3.98. The Morgan fingerprint density at radius 1 is 1.09 bits per heavy atom. The molecule has 0 radical (unpaired) electrons. The monoisotopic (exact) mass is 479 g/mol. The summed E-state index contributed by atoms with van der Waals surface area (Å²) in [7, 11) is 0. The lowest BCUT2D eigenvalue weighted by Crippen LogP contribution is -2.18. The first kappa shape index (κ1) is 22.6. The molecule has 0 saturated carbocycles. The SMILES string of the molecule is O=C(Nc1cccc(C(F)(F)F)c1)n1ccc2cc(Oc3cc(C4CC=NCC4)ncn3)ccc21. The number of nitrogens with one attached hydrogen (secondary N) is 1.